The average Bonchev–Trinajstić information content (AvgIpc) is 3.06. The van der Waals surface area contributed by atoms with Gasteiger partial charge in [-0.3, -0.25) is 0 Å². The first kappa shape index (κ1) is 11.3. The molecule has 1 aromatic rings. The third-order valence-electron chi connectivity index (χ3n) is 3.26. The van der Waals surface area contributed by atoms with Crippen LogP contribution in [0.1, 0.15) is 25.3 Å². The average molecular weight is 221 g/mol. The van der Waals surface area contributed by atoms with E-state index >= 15 is 0 Å². The van der Waals surface area contributed by atoms with Crippen LogP contribution in [-0.4, -0.2) is 18.3 Å². The third kappa shape index (κ3) is 2.47. The maximum Gasteiger partial charge on any atom is 0.160 e. The van der Waals surface area contributed by atoms with E-state index in [9.17, 15) is 5.11 Å². The molecule has 0 saturated heterocycles. The minimum Gasteiger partial charge on any atom is -0.504 e. The Kier molecular flexibility index (Phi) is 3.34. The van der Waals surface area contributed by atoms with Crippen LogP contribution in [0.4, 0.5) is 0 Å². The van der Waals surface area contributed by atoms with Crippen LogP contribution in [0.25, 0.3) is 0 Å². The zero-order valence-corrected chi connectivity index (χ0v) is 9.86. The summed E-state index contributed by atoms with van der Waals surface area (Å²) in [4.78, 5) is 0. The summed E-state index contributed by atoms with van der Waals surface area (Å²) >= 11 is 0. The van der Waals surface area contributed by atoms with Gasteiger partial charge in [0.15, 0.2) is 11.5 Å². The van der Waals surface area contributed by atoms with E-state index < -0.39 is 0 Å². The molecular weight excluding hydrogens is 202 g/mol. The Bertz CT molecular complexity index is 365. The molecule has 16 heavy (non-hydrogen) atoms. The fourth-order valence-electron chi connectivity index (χ4n) is 2.03. The predicted octanol–water partition coefficient (Wildman–Crippen LogP) is 2.29. The van der Waals surface area contributed by atoms with E-state index in [2.05, 4.69) is 12.2 Å². The predicted molar refractivity (Wildman–Crippen MR) is 63.7 cm³/mol. The Balaban J connectivity index is 1.90. The van der Waals surface area contributed by atoms with Crippen molar-refractivity contribution in [1.82, 2.24) is 5.32 Å². The van der Waals surface area contributed by atoms with Gasteiger partial charge in [0.25, 0.3) is 0 Å². The topological polar surface area (TPSA) is 41.5 Å². The maximum absolute atomic E-state index is 9.46. The zero-order valence-electron chi connectivity index (χ0n) is 9.86. The van der Waals surface area contributed by atoms with Gasteiger partial charge in [0.05, 0.1) is 7.11 Å². The minimum atomic E-state index is 0.198. The lowest BCUT2D eigenvalue weighted by atomic mass is 10.2. The highest BCUT2D eigenvalue weighted by Gasteiger charge is 2.34. The van der Waals surface area contributed by atoms with Crippen molar-refractivity contribution in [2.75, 3.05) is 7.11 Å². The number of hydrogen-bond donors (Lipinski definition) is 2. The minimum absolute atomic E-state index is 0.198. The zero-order chi connectivity index (χ0) is 11.5. The highest BCUT2D eigenvalue weighted by molar-refractivity contribution is 5.41. The van der Waals surface area contributed by atoms with Gasteiger partial charge in [-0.15, -0.1) is 0 Å². The van der Waals surface area contributed by atoms with Gasteiger partial charge in [0.1, 0.15) is 0 Å². The molecule has 0 heterocycles. The first-order chi connectivity index (χ1) is 7.74. The van der Waals surface area contributed by atoms with Gasteiger partial charge in [-0.2, -0.15) is 0 Å². The number of aromatic hydroxyl groups is 1. The van der Waals surface area contributed by atoms with Crippen LogP contribution in [0.3, 0.4) is 0 Å². The van der Waals surface area contributed by atoms with Crippen molar-refractivity contribution in [3.05, 3.63) is 23.8 Å². The molecule has 2 atom stereocenters. The van der Waals surface area contributed by atoms with E-state index in [1.807, 2.05) is 12.1 Å². The van der Waals surface area contributed by atoms with Crippen molar-refractivity contribution in [2.45, 2.75) is 32.4 Å². The van der Waals surface area contributed by atoms with Gasteiger partial charge in [-0.05, 0) is 30.0 Å². The molecule has 1 saturated carbocycles. The second kappa shape index (κ2) is 4.74. The van der Waals surface area contributed by atoms with E-state index in [-0.39, 0.29) is 5.75 Å². The summed E-state index contributed by atoms with van der Waals surface area (Å²) in [6, 6.07) is 6.17. The second-order valence-corrected chi connectivity index (χ2v) is 4.40. The SMILES string of the molecule is CCC1CC1NCc1ccc(O)c(OC)c1. The molecule has 0 aromatic heterocycles. The van der Waals surface area contributed by atoms with Gasteiger partial charge < -0.3 is 15.2 Å². The molecule has 88 valence electrons. The number of benzene rings is 1. The summed E-state index contributed by atoms with van der Waals surface area (Å²) in [7, 11) is 1.57. The first-order valence-corrected chi connectivity index (χ1v) is 5.83. The molecule has 0 aliphatic heterocycles. The number of nitrogens with one attached hydrogen (secondary N) is 1. The number of hydrogen-bond acceptors (Lipinski definition) is 3. The quantitative estimate of drug-likeness (QED) is 0.801. The van der Waals surface area contributed by atoms with Crippen LogP contribution in [0, 0.1) is 5.92 Å². The lowest BCUT2D eigenvalue weighted by molar-refractivity contribution is 0.372. The standard InChI is InChI=1S/C13H19NO2/c1-3-10-7-11(10)14-8-9-4-5-12(15)13(6-9)16-2/h4-6,10-11,14-15H,3,7-8H2,1-2H3. The van der Waals surface area contributed by atoms with Crippen LogP contribution in [0.5, 0.6) is 11.5 Å². The molecule has 0 bridgehead atoms. The van der Waals surface area contributed by atoms with E-state index in [0.29, 0.717) is 11.8 Å². The Labute approximate surface area is 96.4 Å². The van der Waals surface area contributed by atoms with Crippen molar-refractivity contribution >= 4 is 0 Å². The van der Waals surface area contributed by atoms with Crippen molar-refractivity contribution < 1.29 is 9.84 Å². The number of rotatable bonds is 5. The Morgan fingerprint density at radius 1 is 1.50 bits per heavy atom. The largest absolute Gasteiger partial charge is 0.504 e. The number of phenols is 1. The van der Waals surface area contributed by atoms with Crippen molar-refractivity contribution in [3.8, 4) is 11.5 Å². The lowest BCUT2D eigenvalue weighted by Crippen LogP contribution is -2.17. The number of methoxy groups -OCH3 is 1. The molecular formula is C13H19NO2. The van der Waals surface area contributed by atoms with Gasteiger partial charge in [-0.1, -0.05) is 19.4 Å². The van der Waals surface area contributed by atoms with Crippen molar-refractivity contribution in [3.63, 3.8) is 0 Å². The number of phenolic OH excluding ortho intramolecular Hbond substituents is 1. The highest BCUT2D eigenvalue weighted by Crippen LogP contribution is 2.33. The van der Waals surface area contributed by atoms with Crippen LogP contribution in [0.15, 0.2) is 18.2 Å². The van der Waals surface area contributed by atoms with Gasteiger partial charge in [0.2, 0.25) is 0 Å². The van der Waals surface area contributed by atoms with Crippen LogP contribution >= 0.6 is 0 Å². The lowest BCUT2D eigenvalue weighted by Gasteiger charge is -2.07. The van der Waals surface area contributed by atoms with Crippen LogP contribution in [-0.2, 0) is 6.54 Å². The summed E-state index contributed by atoms with van der Waals surface area (Å²) in [5, 5.41) is 13.0. The van der Waals surface area contributed by atoms with Gasteiger partial charge in [0, 0.05) is 12.6 Å². The summed E-state index contributed by atoms with van der Waals surface area (Å²) in [6.07, 6.45) is 2.56. The van der Waals surface area contributed by atoms with E-state index in [4.69, 9.17) is 4.74 Å². The second-order valence-electron chi connectivity index (χ2n) is 4.40. The fourth-order valence-corrected chi connectivity index (χ4v) is 2.03. The van der Waals surface area contributed by atoms with E-state index in [1.54, 1.807) is 13.2 Å². The Hall–Kier alpha value is -1.22. The van der Waals surface area contributed by atoms with Crippen molar-refractivity contribution in [1.29, 1.82) is 0 Å². The van der Waals surface area contributed by atoms with Gasteiger partial charge >= 0.3 is 0 Å². The summed E-state index contributed by atoms with van der Waals surface area (Å²) < 4.78 is 5.07. The summed E-state index contributed by atoms with van der Waals surface area (Å²) in [5.41, 5.74) is 1.15. The van der Waals surface area contributed by atoms with Crippen molar-refractivity contribution in [2.24, 2.45) is 5.92 Å². The molecule has 1 aliphatic rings. The van der Waals surface area contributed by atoms with Gasteiger partial charge in [-0.25, -0.2) is 0 Å². The molecule has 0 spiro atoms. The molecule has 1 fully saturated rings. The summed E-state index contributed by atoms with van der Waals surface area (Å²) in [5.74, 6) is 1.60. The van der Waals surface area contributed by atoms with Crippen LogP contribution < -0.4 is 10.1 Å². The molecule has 3 nitrogen and oxygen atoms in total. The molecule has 1 aliphatic carbocycles. The molecule has 0 radical (unpaired) electrons. The summed E-state index contributed by atoms with van der Waals surface area (Å²) in [6.45, 7) is 3.08. The number of ether oxygens (including phenoxy) is 1. The highest BCUT2D eigenvalue weighted by atomic mass is 16.5. The monoisotopic (exact) mass is 221 g/mol. The molecule has 2 rings (SSSR count). The molecule has 2 unspecified atom stereocenters. The normalized spacial score (nSPS) is 23.1. The fraction of sp³-hybridized carbons (Fsp3) is 0.538. The Morgan fingerprint density at radius 2 is 2.31 bits per heavy atom. The first-order valence-electron chi connectivity index (χ1n) is 5.83. The third-order valence-corrected chi connectivity index (χ3v) is 3.26. The van der Waals surface area contributed by atoms with E-state index in [0.717, 1.165) is 18.0 Å². The van der Waals surface area contributed by atoms with Crippen LogP contribution in [0.2, 0.25) is 0 Å². The maximum atomic E-state index is 9.46. The molecule has 2 N–H and O–H groups in total. The van der Waals surface area contributed by atoms with E-state index in [1.165, 1.54) is 12.8 Å². The molecule has 1 aromatic carbocycles. The Morgan fingerprint density at radius 3 is 2.94 bits per heavy atom. The molecule has 0 amide bonds. The smallest absolute Gasteiger partial charge is 0.160 e. The molecule has 3 heteroatoms.